The van der Waals surface area contributed by atoms with E-state index >= 15 is 0 Å². The first-order valence-corrected chi connectivity index (χ1v) is 8.45. The summed E-state index contributed by atoms with van der Waals surface area (Å²) in [7, 11) is 0. The molecule has 4 rings (SSSR count). The molecule has 1 amide bonds. The Kier molecular flexibility index (Phi) is 4.19. The highest BCUT2D eigenvalue weighted by molar-refractivity contribution is 5.97. The maximum atomic E-state index is 12.5. The summed E-state index contributed by atoms with van der Waals surface area (Å²) in [5, 5.41) is 11.8. The number of benzene rings is 2. The summed E-state index contributed by atoms with van der Waals surface area (Å²) in [5.41, 5.74) is 3.06. The van der Waals surface area contributed by atoms with Crippen molar-refractivity contribution >= 4 is 22.5 Å². The van der Waals surface area contributed by atoms with Gasteiger partial charge in [-0.2, -0.15) is 5.10 Å². The fraction of sp³-hybridized carbons (Fsp3) is 0.0952. The Morgan fingerprint density at radius 1 is 1.00 bits per heavy atom. The van der Waals surface area contributed by atoms with E-state index < -0.39 is 0 Å². The van der Waals surface area contributed by atoms with Crippen molar-refractivity contribution in [2.24, 2.45) is 0 Å². The Hall–Kier alpha value is -3.47. The van der Waals surface area contributed by atoms with E-state index in [0.29, 0.717) is 5.82 Å². The monoisotopic (exact) mass is 342 g/mol. The molecule has 0 aliphatic heterocycles. The molecule has 0 spiro atoms. The molecule has 1 atom stereocenters. The summed E-state index contributed by atoms with van der Waals surface area (Å²) >= 11 is 0. The predicted octanol–water partition coefficient (Wildman–Crippen LogP) is 4.37. The van der Waals surface area contributed by atoms with Crippen LogP contribution in [0.2, 0.25) is 0 Å². The highest BCUT2D eigenvalue weighted by Gasteiger charge is 2.15. The van der Waals surface area contributed by atoms with E-state index in [9.17, 15) is 4.79 Å². The number of pyridine rings is 1. The van der Waals surface area contributed by atoms with E-state index in [2.05, 4.69) is 26.6 Å². The summed E-state index contributed by atoms with van der Waals surface area (Å²) < 4.78 is 0. The van der Waals surface area contributed by atoms with Crippen LogP contribution in [0.3, 0.4) is 0 Å². The second-order valence-corrected chi connectivity index (χ2v) is 6.24. The molecule has 5 nitrogen and oxygen atoms in total. The van der Waals surface area contributed by atoms with Gasteiger partial charge >= 0.3 is 0 Å². The molecule has 4 aromatic rings. The van der Waals surface area contributed by atoms with E-state index in [4.69, 9.17) is 0 Å². The molecule has 2 aromatic carbocycles. The zero-order chi connectivity index (χ0) is 17.9. The lowest BCUT2D eigenvalue weighted by molar-refractivity contribution is -0.117. The number of fused-ring (bicyclic) bond motifs is 1. The van der Waals surface area contributed by atoms with Gasteiger partial charge in [-0.15, -0.1) is 0 Å². The number of aromatic amines is 1. The Bertz CT molecular complexity index is 1040. The molecule has 0 bridgehead atoms. The molecular weight excluding hydrogens is 324 g/mol. The zero-order valence-electron chi connectivity index (χ0n) is 14.3. The van der Waals surface area contributed by atoms with E-state index in [0.717, 1.165) is 27.5 Å². The second-order valence-electron chi connectivity index (χ2n) is 6.24. The van der Waals surface area contributed by atoms with Gasteiger partial charge in [0.05, 0.1) is 12.1 Å². The first-order chi connectivity index (χ1) is 12.7. The van der Waals surface area contributed by atoms with Gasteiger partial charge in [0.1, 0.15) is 5.82 Å². The average Bonchev–Trinajstić information content (AvgIpc) is 3.22. The number of amides is 1. The van der Waals surface area contributed by atoms with E-state index in [-0.39, 0.29) is 11.8 Å². The minimum Gasteiger partial charge on any atom is -0.310 e. The molecule has 0 aliphatic carbocycles. The quantitative estimate of drug-likeness (QED) is 0.578. The number of carbonyl (C=O) groups is 1. The molecule has 2 aromatic heterocycles. The van der Waals surface area contributed by atoms with Gasteiger partial charge in [0.15, 0.2) is 0 Å². The van der Waals surface area contributed by atoms with Gasteiger partial charge in [0.25, 0.3) is 0 Å². The lowest BCUT2D eigenvalue weighted by Crippen LogP contribution is -2.19. The van der Waals surface area contributed by atoms with E-state index in [1.54, 1.807) is 12.4 Å². The summed E-state index contributed by atoms with van der Waals surface area (Å²) in [6.45, 7) is 1.89. The Labute approximate surface area is 151 Å². The van der Waals surface area contributed by atoms with Crippen LogP contribution in [0.15, 0.2) is 73.2 Å². The maximum Gasteiger partial charge on any atom is 0.232 e. The van der Waals surface area contributed by atoms with Gasteiger partial charge in [0.2, 0.25) is 5.91 Å². The van der Waals surface area contributed by atoms with Crippen LogP contribution >= 0.6 is 0 Å². The van der Waals surface area contributed by atoms with Crippen molar-refractivity contribution in [3.63, 3.8) is 0 Å². The SMILES string of the molecule is CC(C(=O)Nc1cc2cc(-c3cn[nH]c3)ccc2cn1)c1ccccc1. The lowest BCUT2D eigenvalue weighted by Gasteiger charge is -2.12. The van der Waals surface area contributed by atoms with Crippen LogP contribution < -0.4 is 5.32 Å². The number of H-pyrrole nitrogens is 1. The average molecular weight is 342 g/mol. The molecule has 0 aliphatic rings. The van der Waals surface area contributed by atoms with Crippen molar-refractivity contribution in [3.05, 3.63) is 78.8 Å². The van der Waals surface area contributed by atoms with Crippen molar-refractivity contribution in [2.75, 3.05) is 5.32 Å². The number of hydrogen-bond donors (Lipinski definition) is 2. The van der Waals surface area contributed by atoms with Crippen LogP contribution in [0.25, 0.3) is 21.9 Å². The van der Waals surface area contributed by atoms with Crippen molar-refractivity contribution in [1.29, 1.82) is 0 Å². The number of nitrogens with one attached hydrogen (secondary N) is 2. The molecule has 128 valence electrons. The van der Waals surface area contributed by atoms with Crippen LogP contribution in [0.5, 0.6) is 0 Å². The van der Waals surface area contributed by atoms with Crippen LogP contribution in [0, 0.1) is 0 Å². The summed E-state index contributed by atoms with van der Waals surface area (Å²) in [6.07, 6.45) is 5.41. The lowest BCUT2D eigenvalue weighted by atomic mass is 10.0. The minimum atomic E-state index is -0.244. The zero-order valence-corrected chi connectivity index (χ0v) is 14.3. The second kappa shape index (κ2) is 6.80. The van der Waals surface area contributed by atoms with Gasteiger partial charge in [-0.25, -0.2) is 4.98 Å². The molecule has 0 saturated heterocycles. The molecule has 2 N–H and O–H groups in total. The molecule has 0 radical (unpaired) electrons. The fourth-order valence-electron chi connectivity index (χ4n) is 2.93. The molecule has 1 unspecified atom stereocenters. The molecule has 5 heteroatoms. The van der Waals surface area contributed by atoms with Crippen molar-refractivity contribution in [3.8, 4) is 11.1 Å². The normalized spacial score (nSPS) is 12.0. The number of rotatable bonds is 4. The third-order valence-corrected chi connectivity index (χ3v) is 4.50. The van der Waals surface area contributed by atoms with Gasteiger partial charge in [-0.1, -0.05) is 42.5 Å². The number of carbonyl (C=O) groups excluding carboxylic acids is 1. The van der Waals surface area contributed by atoms with Crippen LogP contribution in [0.4, 0.5) is 5.82 Å². The first kappa shape index (κ1) is 16.0. The van der Waals surface area contributed by atoms with Gasteiger partial charge < -0.3 is 5.32 Å². The maximum absolute atomic E-state index is 12.5. The third-order valence-electron chi connectivity index (χ3n) is 4.50. The number of hydrogen-bond acceptors (Lipinski definition) is 3. The largest absolute Gasteiger partial charge is 0.310 e. The van der Waals surface area contributed by atoms with Crippen molar-refractivity contribution in [2.45, 2.75) is 12.8 Å². The molecule has 26 heavy (non-hydrogen) atoms. The standard InChI is InChI=1S/C21H18N4O/c1-14(15-5-3-2-4-6-15)21(26)25-20-10-18-9-16(19-12-23-24-13-19)7-8-17(18)11-22-20/h2-14H,1H3,(H,23,24)(H,22,25,26). The molecule has 0 fully saturated rings. The van der Waals surface area contributed by atoms with Gasteiger partial charge in [-0.3, -0.25) is 9.89 Å². The molecule has 2 heterocycles. The summed E-state index contributed by atoms with van der Waals surface area (Å²) in [4.78, 5) is 16.9. The molecular formula is C21H18N4O. The highest BCUT2D eigenvalue weighted by atomic mass is 16.1. The Morgan fingerprint density at radius 3 is 2.62 bits per heavy atom. The predicted molar refractivity (Wildman–Crippen MR) is 103 cm³/mol. The highest BCUT2D eigenvalue weighted by Crippen LogP contribution is 2.25. The fourth-order valence-corrected chi connectivity index (χ4v) is 2.93. The first-order valence-electron chi connectivity index (χ1n) is 8.45. The Morgan fingerprint density at radius 2 is 1.85 bits per heavy atom. The summed E-state index contributed by atoms with van der Waals surface area (Å²) in [5.74, 6) is 0.231. The number of aromatic nitrogens is 3. The van der Waals surface area contributed by atoms with Crippen LogP contribution in [-0.2, 0) is 4.79 Å². The third kappa shape index (κ3) is 3.19. The van der Waals surface area contributed by atoms with E-state index in [1.807, 2.05) is 61.7 Å². The molecule has 0 saturated carbocycles. The summed E-state index contributed by atoms with van der Waals surface area (Å²) in [6, 6.07) is 17.7. The smallest absolute Gasteiger partial charge is 0.232 e. The van der Waals surface area contributed by atoms with Crippen molar-refractivity contribution in [1.82, 2.24) is 15.2 Å². The van der Waals surface area contributed by atoms with Gasteiger partial charge in [-0.05, 0) is 35.6 Å². The minimum absolute atomic E-state index is 0.0750. The van der Waals surface area contributed by atoms with Crippen molar-refractivity contribution < 1.29 is 4.79 Å². The van der Waals surface area contributed by atoms with E-state index in [1.165, 1.54) is 0 Å². The van der Waals surface area contributed by atoms with Crippen LogP contribution in [-0.4, -0.2) is 21.1 Å². The Balaban J connectivity index is 1.59. The number of anilines is 1. The van der Waals surface area contributed by atoms with Gasteiger partial charge in [0, 0.05) is 23.3 Å². The topological polar surface area (TPSA) is 70.7 Å². The number of nitrogens with zero attached hydrogens (tertiary/aromatic N) is 2. The van der Waals surface area contributed by atoms with Crippen LogP contribution in [0.1, 0.15) is 18.4 Å².